The number of hydrogen-bond donors (Lipinski definition) is 1. The van der Waals surface area contributed by atoms with Crippen LogP contribution in [0.4, 0.5) is 0 Å². The van der Waals surface area contributed by atoms with E-state index in [2.05, 4.69) is 68.6 Å². The lowest BCUT2D eigenvalue weighted by Gasteiger charge is -2.34. The Morgan fingerprint density at radius 2 is 2.00 bits per heavy atom. The fraction of sp³-hybridized carbons (Fsp3) is 0.294. The highest BCUT2D eigenvalue weighted by atomic mass is 79.9. The van der Waals surface area contributed by atoms with Gasteiger partial charge in [-0.3, -0.25) is 4.90 Å². The fourth-order valence-corrected chi connectivity index (χ4v) is 3.49. The van der Waals surface area contributed by atoms with Gasteiger partial charge < -0.3 is 5.32 Å². The number of hydrogen-bond acceptors (Lipinski definition) is 2. The summed E-state index contributed by atoms with van der Waals surface area (Å²) in [5, 5.41) is 4.43. The van der Waals surface area contributed by atoms with E-state index in [1.165, 1.54) is 11.1 Å². The minimum absolute atomic E-state index is 0.397. The summed E-state index contributed by atoms with van der Waals surface area (Å²) >= 11 is 9.78. The predicted octanol–water partition coefficient (Wildman–Crippen LogP) is 4.25. The van der Waals surface area contributed by atoms with Crippen molar-refractivity contribution in [1.29, 1.82) is 0 Å². The number of nitrogens with zero attached hydrogens (tertiary/aromatic N) is 1. The second kappa shape index (κ2) is 6.93. The maximum Gasteiger partial charge on any atom is 0.0462 e. The molecule has 2 aromatic rings. The average Bonchev–Trinajstić information content (AvgIpc) is 2.51. The number of rotatable bonds is 3. The lowest BCUT2D eigenvalue weighted by Crippen LogP contribution is -2.45. The molecule has 1 fully saturated rings. The fourth-order valence-electron chi connectivity index (χ4n) is 2.75. The molecular formula is C17H18BrClN2. The standard InChI is InChI=1S/C17H18BrClN2/c18-15-7-6-14(16(19)10-15)11-21-9-8-20-17(12-21)13-4-2-1-3-5-13/h1-7,10,17,20H,8-9,11-12H2. The molecule has 4 heteroatoms. The minimum atomic E-state index is 0.397. The van der Waals surface area contributed by atoms with Crippen molar-refractivity contribution in [3.05, 3.63) is 69.2 Å². The summed E-state index contributed by atoms with van der Waals surface area (Å²) in [4.78, 5) is 2.46. The molecule has 1 aliphatic heterocycles. The zero-order valence-electron chi connectivity index (χ0n) is 11.7. The molecule has 1 aliphatic rings. The van der Waals surface area contributed by atoms with Gasteiger partial charge in [0.2, 0.25) is 0 Å². The van der Waals surface area contributed by atoms with Gasteiger partial charge >= 0.3 is 0 Å². The Morgan fingerprint density at radius 1 is 1.19 bits per heavy atom. The van der Waals surface area contributed by atoms with Crippen LogP contribution in [0.25, 0.3) is 0 Å². The van der Waals surface area contributed by atoms with Crippen molar-refractivity contribution in [2.75, 3.05) is 19.6 Å². The normalized spacial score (nSPS) is 19.6. The second-order valence-corrected chi connectivity index (χ2v) is 6.71. The van der Waals surface area contributed by atoms with Gasteiger partial charge in [0.05, 0.1) is 0 Å². The predicted molar refractivity (Wildman–Crippen MR) is 91.6 cm³/mol. The molecule has 0 saturated carbocycles. The number of nitrogens with one attached hydrogen (secondary N) is 1. The van der Waals surface area contributed by atoms with Crippen molar-refractivity contribution >= 4 is 27.5 Å². The van der Waals surface area contributed by atoms with Crippen LogP contribution in [0, 0.1) is 0 Å². The third-order valence-corrected chi connectivity index (χ3v) is 4.72. The van der Waals surface area contributed by atoms with Gasteiger partial charge in [-0.05, 0) is 23.3 Å². The number of piperazine rings is 1. The van der Waals surface area contributed by atoms with Crippen LogP contribution in [0.2, 0.25) is 5.02 Å². The molecule has 2 nitrogen and oxygen atoms in total. The van der Waals surface area contributed by atoms with Gasteiger partial charge in [0.15, 0.2) is 0 Å². The van der Waals surface area contributed by atoms with E-state index in [1.54, 1.807) is 0 Å². The molecule has 0 aromatic heterocycles. The van der Waals surface area contributed by atoms with Gasteiger partial charge in [-0.15, -0.1) is 0 Å². The Balaban J connectivity index is 1.69. The molecule has 1 saturated heterocycles. The van der Waals surface area contributed by atoms with Crippen LogP contribution in [0.5, 0.6) is 0 Å². The summed E-state index contributed by atoms with van der Waals surface area (Å²) in [7, 11) is 0. The largest absolute Gasteiger partial charge is 0.308 e. The molecule has 0 spiro atoms. The molecule has 0 radical (unpaired) electrons. The molecule has 21 heavy (non-hydrogen) atoms. The molecule has 0 bridgehead atoms. The van der Waals surface area contributed by atoms with Crippen LogP contribution >= 0.6 is 27.5 Å². The first kappa shape index (κ1) is 15.0. The molecule has 0 aliphatic carbocycles. The zero-order valence-corrected chi connectivity index (χ0v) is 14.1. The molecule has 1 atom stereocenters. The lowest BCUT2D eigenvalue weighted by molar-refractivity contribution is 0.193. The SMILES string of the molecule is Clc1cc(Br)ccc1CN1CCNC(c2ccccc2)C1. The zero-order chi connectivity index (χ0) is 14.7. The Bertz CT molecular complexity index is 603. The molecule has 1 N–H and O–H groups in total. The topological polar surface area (TPSA) is 15.3 Å². The lowest BCUT2D eigenvalue weighted by atomic mass is 10.0. The Hall–Kier alpha value is -0.870. The second-order valence-electron chi connectivity index (χ2n) is 5.39. The number of halogens is 2. The van der Waals surface area contributed by atoms with Crippen molar-refractivity contribution in [2.24, 2.45) is 0 Å². The van der Waals surface area contributed by atoms with E-state index < -0.39 is 0 Å². The third-order valence-electron chi connectivity index (χ3n) is 3.87. The monoisotopic (exact) mass is 364 g/mol. The highest BCUT2D eigenvalue weighted by molar-refractivity contribution is 9.10. The summed E-state index contributed by atoms with van der Waals surface area (Å²) in [5.41, 5.74) is 2.54. The summed E-state index contributed by atoms with van der Waals surface area (Å²) < 4.78 is 1.03. The van der Waals surface area contributed by atoms with Crippen molar-refractivity contribution in [2.45, 2.75) is 12.6 Å². The van der Waals surface area contributed by atoms with Crippen LogP contribution in [0.1, 0.15) is 17.2 Å². The summed E-state index contributed by atoms with van der Waals surface area (Å²) in [5.74, 6) is 0. The van der Waals surface area contributed by atoms with Gasteiger partial charge in [-0.2, -0.15) is 0 Å². The smallest absolute Gasteiger partial charge is 0.0462 e. The number of benzene rings is 2. The van der Waals surface area contributed by atoms with Gasteiger partial charge in [0, 0.05) is 41.7 Å². The van der Waals surface area contributed by atoms with Gasteiger partial charge in [-0.1, -0.05) is 63.9 Å². The quantitative estimate of drug-likeness (QED) is 0.875. The van der Waals surface area contributed by atoms with E-state index in [0.717, 1.165) is 35.7 Å². The van der Waals surface area contributed by atoms with Gasteiger partial charge in [0.1, 0.15) is 0 Å². The van der Waals surface area contributed by atoms with Crippen molar-refractivity contribution in [3.63, 3.8) is 0 Å². The Morgan fingerprint density at radius 3 is 2.76 bits per heavy atom. The Labute approximate surface area is 139 Å². The highest BCUT2D eigenvalue weighted by Gasteiger charge is 2.21. The first-order chi connectivity index (χ1) is 10.2. The van der Waals surface area contributed by atoms with Crippen molar-refractivity contribution < 1.29 is 0 Å². The first-order valence-electron chi connectivity index (χ1n) is 7.17. The van der Waals surface area contributed by atoms with Crippen LogP contribution in [0.3, 0.4) is 0 Å². The molecule has 0 amide bonds. The molecule has 3 rings (SSSR count). The molecule has 1 heterocycles. The first-order valence-corrected chi connectivity index (χ1v) is 8.34. The maximum atomic E-state index is 6.33. The van der Waals surface area contributed by atoms with E-state index in [4.69, 9.17) is 11.6 Å². The van der Waals surface area contributed by atoms with Crippen molar-refractivity contribution in [3.8, 4) is 0 Å². The molecule has 2 aromatic carbocycles. The molecule has 1 unspecified atom stereocenters. The van der Waals surface area contributed by atoms with Crippen LogP contribution in [-0.4, -0.2) is 24.5 Å². The van der Waals surface area contributed by atoms with E-state index in [0.29, 0.717) is 6.04 Å². The average molecular weight is 366 g/mol. The van der Waals surface area contributed by atoms with E-state index in [-0.39, 0.29) is 0 Å². The third kappa shape index (κ3) is 3.86. The van der Waals surface area contributed by atoms with E-state index in [9.17, 15) is 0 Å². The van der Waals surface area contributed by atoms with Crippen LogP contribution < -0.4 is 5.32 Å². The van der Waals surface area contributed by atoms with Gasteiger partial charge in [-0.25, -0.2) is 0 Å². The van der Waals surface area contributed by atoms with Gasteiger partial charge in [0.25, 0.3) is 0 Å². The van der Waals surface area contributed by atoms with Crippen LogP contribution in [-0.2, 0) is 6.54 Å². The Kier molecular flexibility index (Phi) is 4.96. The van der Waals surface area contributed by atoms with Crippen LogP contribution in [0.15, 0.2) is 53.0 Å². The summed E-state index contributed by atoms with van der Waals surface area (Å²) in [6, 6.07) is 17.2. The summed E-state index contributed by atoms with van der Waals surface area (Å²) in [6.45, 7) is 3.97. The maximum absolute atomic E-state index is 6.33. The minimum Gasteiger partial charge on any atom is -0.308 e. The molecule has 110 valence electrons. The van der Waals surface area contributed by atoms with E-state index in [1.807, 2.05) is 6.07 Å². The highest BCUT2D eigenvalue weighted by Crippen LogP contribution is 2.24. The summed E-state index contributed by atoms with van der Waals surface area (Å²) in [6.07, 6.45) is 0. The molecular weight excluding hydrogens is 348 g/mol. The van der Waals surface area contributed by atoms with E-state index >= 15 is 0 Å². The van der Waals surface area contributed by atoms with Crippen molar-refractivity contribution in [1.82, 2.24) is 10.2 Å².